The maximum Gasteiger partial charge on any atom is 0.253 e. The van der Waals surface area contributed by atoms with Crippen LogP contribution in [-0.2, 0) is 6.42 Å². The molecule has 3 aromatic rings. The molecule has 0 amide bonds. The largest absolute Gasteiger partial charge is 0.493 e. The average molecular weight is 364 g/mol. The number of benzene rings is 2. The molecule has 1 aliphatic heterocycles. The lowest BCUT2D eigenvalue weighted by atomic mass is 9.89. The number of fused-ring (bicyclic) bond motifs is 2. The summed E-state index contributed by atoms with van der Waals surface area (Å²) in [5, 5.41) is 4.54. The standard InChI is InChI=1S/C22H24N2O3/c1-12-7-15-9-17(22(25)24-18(15)8-13(12)2)21-16-11-20(27-4)19(26-3)10-14(16)5-6-23-21/h7-11,21,23H,5-6H2,1-4H3,(H,24,25). The Labute approximate surface area is 158 Å². The van der Waals surface area contributed by atoms with Gasteiger partial charge in [0.2, 0.25) is 0 Å². The van der Waals surface area contributed by atoms with Gasteiger partial charge in [0.25, 0.3) is 5.56 Å². The van der Waals surface area contributed by atoms with Crippen molar-refractivity contribution in [1.29, 1.82) is 0 Å². The van der Waals surface area contributed by atoms with E-state index in [0.717, 1.165) is 40.7 Å². The number of ether oxygens (including phenoxy) is 2. The summed E-state index contributed by atoms with van der Waals surface area (Å²) < 4.78 is 10.9. The number of hydrogen-bond acceptors (Lipinski definition) is 4. The Hall–Kier alpha value is -2.79. The minimum Gasteiger partial charge on any atom is -0.493 e. The van der Waals surface area contributed by atoms with Crippen molar-refractivity contribution in [3.8, 4) is 11.5 Å². The molecular weight excluding hydrogens is 340 g/mol. The summed E-state index contributed by atoms with van der Waals surface area (Å²) in [7, 11) is 3.27. The van der Waals surface area contributed by atoms with Crippen molar-refractivity contribution < 1.29 is 9.47 Å². The number of aryl methyl sites for hydroxylation is 2. The first-order valence-electron chi connectivity index (χ1n) is 9.14. The highest BCUT2D eigenvalue weighted by molar-refractivity contribution is 5.81. The summed E-state index contributed by atoms with van der Waals surface area (Å²) in [4.78, 5) is 15.9. The van der Waals surface area contributed by atoms with E-state index < -0.39 is 0 Å². The first-order valence-corrected chi connectivity index (χ1v) is 9.14. The molecule has 5 heteroatoms. The molecule has 0 saturated heterocycles. The van der Waals surface area contributed by atoms with Gasteiger partial charge in [0, 0.05) is 17.6 Å². The van der Waals surface area contributed by atoms with E-state index in [-0.39, 0.29) is 11.6 Å². The molecule has 0 saturated carbocycles. The maximum absolute atomic E-state index is 12.9. The predicted molar refractivity (Wildman–Crippen MR) is 107 cm³/mol. The Morgan fingerprint density at radius 3 is 2.37 bits per heavy atom. The van der Waals surface area contributed by atoms with Crippen LogP contribution < -0.4 is 20.3 Å². The quantitative estimate of drug-likeness (QED) is 0.748. The topological polar surface area (TPSA) is 63.4 Å². The molecule has 1 unspecified atom stereocenters. The molecule has 4 rings (SSSR count). The van der Waals surface area contributed by atoms with Crippen LogP contribution >= 0.6 is 0 Å². The normalized spacial score (nSPS) is 16.2. The van der Waals surface area contributed by atoms with Gasteiger partial charge in [-0.05, 0) is 78.2 Å². The second-order valence-corrected chi connectivity index (χ2v) is 7.12. The molecular formula is C22H24N2O3. The SMILES string of the molecule is COc1cc2c(cc1OC)C(c1cc3cc(C)c(C)cc3[nH]c1=O)NCC2. The van der Waals surface area contributed by atoms with Crippen LogP contribution in [0.5, 0.6) is 11.5 Å². The van der Waals surface area contributed by atoms with Crippen LogP contribution in [0.4, 0.5) is 0 Å². The van der Waals surface area contributed by atoms with Crippen molar-refractivity contribution >= 4 is 10.9 Å². The zero-order chi connectivity index (χ0) is 19.1. The number of methoxy groups -OCH3 is 2. The summed E-state index contributed by atoms with van der Waals surface area (Å²) in [6.45, 7) is 4.95. The maximum atomic E-state index is 12.9. The molecule has 1 aliphatic rings. The van der Waals surface area contributed by atoms with Gasteiger partial charge in [0.15, 0.2) is 11.5 Å². The van der Waals surface area contributed by atoms with Crippen LogP contribution in [0.3, 0.4) is 0 Å². The summed E-state index contributed by atoms with van der Waals surface area (Å²) >= 11 is 0. The number of nitrogens with one attached hydrogen (secondary N) is 2. The fourth-order valence-corrected chi connectivity index (χ4v) is 3.87. The minimum atomic E-state index is -0.177. The van der Waals surface area contributed by atoms with Crippen molar-refractivity contribution in [2.45, 2.75) is 26.3 Å². The van der Waals surface area contributed by atoms with Crippen molar-refractivity contribution in [3.63, 3.8) is 0 Å². The number of pyridine rings is 1. The Bertz CT molecular complexity index is 1090. The molecule has 140 valence electrons. The van der Waals surface area contributed by atoms with E-state index in [1.807, 2.05) is 24.3 Å². The van der Waals surface area contributed by atoms with Crippen LogP contribution in [0.15, 0.2) is 35.1 Å². The van der Waals surface area contributed by atoms with Crippen LogP contribution in [-0.4, -0.2) is 25.7 Å². The smallest absolute Gasteiger partial charge is 0.253 e. The summed E-state index contributed by atoms with van der Waals surface area (Å²) in [6, 6.07) is 9.99. The molecule has 0 spiro atoms. The van der Waals surface area contributed by atoms with Crippen LogP contribution in [0, 0.1) is 13.8 Å². The number of rotatable bonds is 3. The van der Waals surface area contributed by atoms with E-state index in [0.29, 0.717) is 5.75 Å². The summed E-state index contributed by atoms with van der Waals surface area (Å²) in [6.07, 6.45) is 0.885. The lowest BCUT2D eigenvalue weighted by Crippen LogP contribution is -2.34. The van der Waals surface area contributed by atoms with Gasteiger partial charge in [-0.15, -0.1) is 0 Å². The lowest BCUT2D eigenvalue weighted by Gasteiger charge is -2.28. The predicted octanol–water partition coefficient (Wildman–Crippen LogP) is 3.40. The first kappa shape index (κ1) is 17.6. The van der Waals surface area contributed by atoms with Gasteiger partial charge in [-0.1, -0.05) is 0 Å². The Kier molecular flexibility index (Phi) is 4.40. The Balaban J connectivity index is 1.89. The van der Waals surface area contributed by atoms with Crippen molar-refractivity contribution in [3.05, 3.63) is 68.5 Å². The van der Waals surface area contributed by atoms with Gasteiger partial charge in [-0.2, -0.15) is 0 Å². The molecule has 2 N–H and O–H groups in total. The van der Waals surface area contributed by atoms with Gasteiger partial charge < -0.3 is 19.8 Å². The molecule has 0 aliphatic carbocycles. The third-order valence-corrected chi connectivity index (χ3v) is 5.50. The van der Waals surface area contributed by atoms with Crippen LogP contribution in [0.25, 0.3) is 10.9 Å². The number of aromatic nitrogens is 1. The fraction of sp³-hybridized carbons (Fsp3) is 0.318. The molecule has 5 nitrogen and oxygen atoms in total. The zero-order valence-corrected chi connectivity index (χ0v) is 16.1. The Morgan fingerprint density at radius 1 is 0.926 bits per heavy atom. The van der Waals surface area contributed by atoms with E-state index >= 15 is 0 Å². The number of H-pyrrole nitrogens is 1. The Morgan fingerprint density at radius 2 is 1.63 bits per heavy atom. The van der Waals surface area contributed by atoms with E-state index in [9.17, 15) is 4.79 Å². The van der Waals surface area contributed by atoms with Gasteiger partial charge in [-0.3, -0.25) is 4.79 Å². The zero-order valence-electron chi connectivity index (χ0n) is 16.1. The molecule has 1 aromatic heterocycles. The second-order valence-electron chi connectivity index (χ2n) is 7.12. The van der Waals surface area contributed by atoms with E-state index in [1.54, 1.807) is 14.2 Å². The molecule has 27 heavy (non-hydrogen) atoms. The summed E-state index contributed by atoms with van der Waals surface area (Å²) in [5.74, 6) is 1.39. The molecule has 2 aromatic carbocycles. The third-order valence-electron chi connectivity index (χ3n) is 5.50. The number of hydrogen-bond donors (Lipinski definition) is 2. The van der Waals surface area contributed by atoms with Crippen molar-refractivity contribution in [2.24, 2.45) is 0 Å². The van der Waals surface area contributed by atoms with Gasteiger partial charge in [0.1, 0.15) is 0 Å². The third kappa shape index (κ3) is 2.98. The molecule has 2 heterocycles. The molecule has 1 atom stereocenters. The highest BCUT2D eigenvalue weighted by atomic mass is 16.5. The second kappa shape index (κ2) is 6.74. The monoisotopic (exact) mass is 364 g/mol. The first-order chi connectivity index (χ1) is 13.0. The van der Waals surface area contributed by atoms with Gasteiger partial charge in [0.05, 0.1) is 20.3 Å². The van der Waals surface area contributed by atoms with E-state index in [1.165, 1.54) is 16.7 Å². The molecule has 0 radical (unpaired) electrons. The molecule has 0 fully saturated rings. The highest BCUT2D eigenvalue weighted by Gasteiger charge is 2.26. The van der Waals surface area contributed by atoms with E-state index in [2.05, 4.69) is 30.2 Å². The summed E-state index contributed by atoms with van der Waals surface area (Å²) in [5.41, 5.74) is 6.15. The molecule has 0 bridgehead atoms. The van der Waals surface area contributed by atoms with Gasteiger partial charge in [-0.25, -0.2) is 0 Å². The van der Waals surface area contributed by atoms with Crippen molar-refractivity contribution in [2.75, 3.05) is 20.8 Å². The highest BCUT2D eigenvalue weighted by Crippen LogP contribution is 2.37. The fourth-order valence-electron chi connectivity index (χ4n) is 3.87. The van der Waals surface area contributed by atoms with E-state index in [4.69, 9.17) is 9.47 Å². The minimum absolute atomic E-state index is 0.0640. The average Bonchev–Trinajstić information content (AvgIpc) is 2.67. The van der Waals surface area contributed by atoms with Crippen molar-refractivity contribution in [1.82, 2.24) is 10.3 Å². The van der Waals surface area contributed by atoms with Crippen LogP contribution in [0.2, 0.25) is 0 Å². The lowest BCUT2D eigenvalue weighted by molar-refractivity contribution is 0.353. The van der Waals surface area contributed by atoms with Crippen LogP contribution in [0.1, 0.15) is 33.9 Å². The van der Waals surface area contributed by atoms with Gasteiger partial charge >= 0.3 is 0 Å². The number of aromatic amines is 1.